The predicted octanol–water partition coefficient (Wildman–Crippen LogP) is -1.26. The smallest absolute Gasteiger partial charge is 0.219 e. The van der Waals surface area contributed by atoms with Gasteiger partial charge in [0.2, 0.25) is 12.3 Å². The number of primary amides is 1. The summed E-state index contributed by atoms with van der Waals surface area (Å²) in [6, 6.07) is 0. The number of amides is 2. The molecular formula is C20H40N2O10. The van der Waals surface area contributed by atoms with Crippen LogP contribution in [-0.4, -0.2) is 125 Å². The first kappa shape index (κ1) is 30.6. The molecule has 12 heteroatoms. The van der Waals surface area contributed by atoms with Crippen molar-refractivity contribution in [3.05, 3.63) is 0 Å². The fourth-order valence-corrected chi connectivity index (χ4v) is 2.00. The van der Waals surface area contributed by atoms with Crippen molar-refractivity contribution in [2.45, 2.75) is 6.42 Å². The number of hydrogen-bond acceptors (Lipinski definition) is 10. The second kappa shape index (κ2) is 27.7. The number of rotatable bonds is 28. The van der Waals surface area contributed by atoms with E-state index < -0.39 is 0 Å². The summed E-state index contributed by atoms with van der Waals surface area (Å²) in [7, 11) is 0. The van der Waals surface area contributed by atoms with E-state index >= 15 is 0 Å². The fourth-order valence-electron chi connectivity index (χ4n) is 2.00. The first-order chi connectivity index (χ1) is 15.8. The summed E-state index contributed by atoms with van der Waals surface area (Å²) in [6.45, 7) is 8.05. The van der Waals surface area contributed by atoms with Gasteiger partial charge in [0.05, 0.1) is 106 Å². The summed E-state index contributed by atoms with van der Waals surface area (Å²) < 4.78 is 42.6. The average molecular weight is 469 g/mol. The van der Waals surface area contributed by atoms with E-state index in [-0.39, 0.29) is 12.3 Å². The van der Waals surface area contributed by atoms with E-state index in [2.05, 4.69) is 5.32 Å². The van der Waals surface area contributed by atoms with Crippen LogP contribution in [0.15, 0.2) is 0 Å². The zero-order chi connectivity index (χ0) is 23.4. The van der Waals surface area contributed by atoms with Gasteiger partial charge in [0.1, 0.15) is 0 Å². The normalized spacial score (nSPS) is 11.0. The van der Waals surface area contributed by atoms with Gasteiger partial charge in [-0.3, -0.25) is 9.59 Å². The highest BCUT2D eigenvalue weighted by Crippen LogP contribution is 1.86. The minimum absolute atomic E-state index is 0.221. The van der Waals surface area contributed by atoms with Crippen molar-refractivity contribution in [2.24, 2.45) is 5.73 Å². The molecule has 0 saturated heterocycles. The van der Waals surface area contributed by atoms with Crippen LogP contribution in [0.2, 0.25) is 0 Å². The summed E-state index contributed by atoms with van der Waals surface area (Å²) in [5.74, 6) is -0.374. The van der Waals surface area contributed by atoms with Gasteiger partial charge in [-0.2, -0.15) is 0 Å². The molecule has 0 atom stereocenters. The van der Waals surface area contributed by atoms with Gasteiger partial charge in [-0.15, -0.1) is 0 Å². The first-order valence-corrected chi connectivity index (χ1v) is 10.8. The number of nitrogens with one attached hydrogen (secondary N) is 1. The number of carbonyl (C=O) groups excluding carboxylic acids is 2. The van der Waals surface area contributed by atoms with Crippen LogP contribution in [0.4, 0.5) is 0 Å². The number of carbonyl (C=O) groups is 2. The van der Waals surface area contributed by atoms with Crippen LogP contribution in [0.25, 0.3) is 0 Å². The maximum atomic E-state index is 10.5. The molecule has 12 nitrogen and oxygen atoms in total. The lowest BCUT2D eigenvalue weighted by molar-refractivity contribution is -0.119. The second-order valence-electron chi connectivity index (χ2n) is 6.19. The van der Waals surface area contributed by atoms with Crippen molar-refractivity contribution < 1.29 is 47.5 Å². The van der Waals surface area contributed by atoms with Crippen molar-refractivity contribution in [3.63, 3.8) is 0 Å². The van der Waals surface area contributed by atoms with Crippen LogP contribution in [0.3, 0.4) is 0 Å². The van der Waals surface area contributed by atoms with E-state index in [1.165, 1.54) is 0 Å². The lowest BCUT2D eigenvalue weighted by Crippen LogP contribution is -2.19. The van der Waals surface area contributed by atoms with Crippen LogP contribution < -0.4 is 11.1 Å². The highest BCUT2D eigenvalue weighted by atomic mass is 16.6. The van der Waals surface area contributed by atoms with Crippen molar-refractivity contribution in [1.29, 1.82) is 0 Å². The molecule has 0 aliphatic carbocycles. The molecule has 2 amide bonds. The lowest BCUT2D eigenvalue weighted by Gasteiger charge is -2.08. The Kier molecular flexibility index (Phi) is 26.5. The van der Waals surface area contributed by atoms with Gasteiger partial charge in [0.25, 0.3) is 0 Å². The summed E-state index contributed by atoms with van der Waals surface area (Å²) in [5.41, 5.74) is 4.99. The molecule has 0 fully saturated rings. The van der Waals surface area contributed by atoms with Crippen molar-refractivity contribution in [3.8, 4) is 0 Å². The van der Waals surface area contributed by atoms with Crippen LogP contribution in [0.5, 0.6) is 0 Å². The monoisotopic (exact) mass is 468 g/mol. The zero-order valence-corrected chi connectivity index (χ0v) is 19.0. The molecule has 0 heterocycles. The molecule has 0 rings (SSSR count). The van der Waals surface area contributed by atoms with E-state index in [4.69, 9.17) is 43.6 Å². The standard InChI is InChI=1S/C20H40N2O10/c21-20(24)1-3-25-5-7-27-9-11-29-13-15-31-17-18-32-16-14-30-12-10-28-8-6-26-4-2-22-19-23/h19H,1-18H2,(H2,21,24)(H,22,23). The molecular weight excluding hydrogens is 428 g/mol. The third kappa shape index (κ3) is 28.6. The van der Waals surface area contributed by atoms with Crippen LogP contribution in [0, 0.1) is 0 Å². The van der Waals surface area contributed by atoms with E-state index in [0.29, 0.717) is 119 Å². The molecule has 0 spiro atoms. The third-order valence-electron chi connectivity index (χ3n) is 3.57. The van der Waals surface area contributed by atoms with E-state index in [0.717, 1.165) is 0 Å². The lowest BCUT2D eigenvalue weighted by atomic mass is 10.4. The minimum atomic E-state index is -0.374. The molecule has 190 valence electrons. The van der Waals surface area contributed by atoms with E-state index in [1.807, 2.05) is 0 Å². The van der Waals surface area contributed by atoms with Crippen molar-refractivity contribution in [2.75, 3.05) is 112 Å². The number of hydrogen-bond donors (Lipinski definition) is 2. The Bertz CT molecular complexity index is 405. The Morgan fingerprint density at radius 3 is 1.09 bits per heavy atom. The average Bonchev–Trinajstić information content (AvgIpc) is 2.78. The third-order valence-corrected chi connectivity index (χ3v) is 3.57. The largest absolute Gasteiger partial charge is 0.379 e. The van der Waals surface area contributed by atoms with Gasteiger partial charge in [-0.05, 0) is 0 Å². The molecule has 0 aromatic heterocycles. The van der Waals surface area contributed by atoms with Gasteiger partial charge in [-0.1, -0.05) is 0 Å². The molecule has 0 aliphatic rings. The second-order valence-corrected chi connectivity index (χ2v) is 6.19. The van der Waals surface area contributed by atoms with Crippen LogP contribution >= 0.6 is 0 Å². The van der Waals surface area contributed by atoms with Crippen LogP contribution in [-0.2, 0) is 47.5 Å². The number of ether oxygens (including phenoxy) is 8. The summed E-state index contributed by atoms with van der Waals surface area (Å²) in [6.07, 6.45) is 0.862. The highest BCUT2D eigenvalue weighted by Gasteiger charge is 1.96. The fraction of sp³-hybridized carbons (Fsp3) is 0.900. The Hall–Kier alpha value is -1.38. The summed E-state index contributed by atoms with van der Waals surface area (Å²) in [5, 5.41) is 2.51. The number of nitrogens with two attached hydrogens (primary N) is 1. The van der Waals surface area contributed by atoms with Gasteiger partial charge >= 0.3 is 0 Å². The minimum Gasteiger partial charge on any atom is -0.379 e. The SMILES string of the molecule is NC(=O)CCOCCOCCOCCOCCOCCOCCOCCOCCNC=O. The van der Waals surface area contributed by atoms with Gasteiger partial charge in [0.15, 0.2) is 0 Å². The molecule has 0 aliphatic heterocycles. The van der Waals surface area contributed by atoms with Crippen LogP contribution in [0.1, 0.15) is 6.42 Å². The predicted molar refractivity (Wildman–Crippen MR) is 114 cm³/mol. The van der Waals surface area contributed by atoms with Crippen molar-refractivity contribution in [1.82, 2.24) is 5.32 Å². The van der Waals surface area contributed by atoms with Gasteiger partial charge in [0, 0.05) is 13.0 Å². The molecule has 32 heavy (non-hydrogen) atoms. The summed E-state index contributed by atoms with van der Waals surface area (Å²) in [4.78, 5) is 20.5. The maximum Gasteiger partial charge on any atom is 0.219 e. The molecule has 0 aromatic carbocycles. The molecule has 3 N–H and O–H groups in total. The Morgan fingerprint density at radius 2 is 0.812 bits per heavy atom. The Balaban J connectivity index is 3.01. The summed E-state index contributed by atoms with van der Waals surface area (Å²) >= 11 is 0. The van der Waals surface area contributed by atoms with E-state index in [1.54, 1.807) is 0 Å². The molecule has 0 radical (unpaired) electrons. The van der Waals surface area contributed by atoms with E-state index in [9.17, 15) is 9.59 Å². The molecule has 0 unspecified atom stereocenters. The zero-order valence-electron chi connectivity index (χ0n) is 19.0. The topological polar surface area (TPSA) is 146 Å². The first-order valence-electron chi connectivity index (χ1n) is 10.8. The maximum absolute atomic E-state index is 10.5. The Morgan fingerprint density at radius 1 is 0.531 bits per heavy atom. The molecule has 0 saturated carbocycles. The highest BCUT2D eigenvalue weighted by molar-refractivity contribution is 5.73. The Labute approximate surface area is 190 Å². The molecule has 0 bridgehead atoms. The quantitative estimate of drug-likeness (QED) is 0.105. The molecule has 0 aromatic rings. The van der Waals surface area contributed by atoms with Gasteiger partial charge in [-0.25, -0.2) is 0 Å². The van der Waals surface area contributed by atoms with Crippen molar-refractivity contribution >= 4 is 12.3 Å². The van der Waals surface area contributed by atoms with Gasteiger partial charge < -0.3 is 48.9 Å².